The molecular weight excluding hydrogens is 306 g/mol. The van der Waals surface area contributed by atoms with Crippen LogP contribution < -0.4 is 5.32 Å². The first-order chi connectivity index (χ1) is 11.0. The molecule has 0 bridgehead atoms. The maximum atomic E-state index is 11.7. The first kappa shape index (κ1) is 20.1. The average molecular weight is 335 g/mol. The van der Waals surface area contributed by atoms with Gasteiger partial charge in [-0.15, -0.1) is 0 Å². The molecule has 0 aromatic heterocycles. The number of carbonyl (C=O) groups excluding carboxylic acids is 1. The van der Waals surface area contributed by atoms with Crippen molar-refractivity contribution < 1.29 is 34.3 Å². The number of aliphatic hydroxyl groups is 3. The summed E-state index contributed by atoms with van der Waals surface area (Å²) in [4.78, 5) is 11.7. The van der Waals surface area contributed by atoms with E-state index in [1.807, 2.05) is 0 Å². The lowest BCUT2D eigenvalue weighted by Crippen LogP contribution is -2.60. The van der Waals surface area contributed by atoms with Gasteiger partial charge in [0.05, 0.1) is 6.61 Å². The fraction of sp³-hybridized carbons (Fsp3) is 0.933. The number of amides is 1. The van der Waals surface area contributed by atoms with Crippen LogP contribution in [0.2, 0.25) is 0 Å². The molecule has 8 nitrogen and oxygen atoms in total. The highest BCUT2D eigenvalue weighted by Crippen LogP contribution is 2.22. The summed E-state index contributed by atoms with van der Waals surface area (Å²) in [5.41, 5.74) is 0. The van der Waals surface area contributed by atoms with Gasteiger partial charge in [0.15, 0.2) is 0 Å². The molecule has 1 heterocycles. The monoisotopic (exact) mass is 335 g/mol. The number of rotatable bonds is 9. The van der Waals surface area contributed by atoms with E-state index in [-0.39, 0.29) is 6.61 Å². The predicted molar refractivity (Wildman–Crippen MR) is 81.8 cm³/mol. The smallest absolute Gasteiger partial charge is 0.409 e. The van der Waals surface area contributed by atoms with Crippen LogP contribution in [0.5, 0.6) is 0 Å². The Morgan fingerprint density at radius 1 is 1.09 bits per heavy atom. The molecule has 1 aliphatic heterocycles. The van der Waals surface area contributed by atoms with Crippen molar-refractivity contribution in [2.24, 2.45) is 0 Å². The number of aliphatic hydroxyl groups excluding tert-OH is 3. The van der Waals surface area contributed by atoms with Crippen molar-refractivity contribution in [2.45, 2.75) is 69.7 Å². The van der Waals surface area contributed by atoms with Gasteiger partial charge < -0.3 is 34.8 Å². The minimum absolute atomic E-state index is 0.00382. The third-order valence-electron chi connectivity index (χ3n) is 3.77. The Kier molecular flexibility index (Phi) is 9.42. The van der Waals surface area contributed by atoms with Crippen LogP contribution in [0.4, 0.5) is 4.79 Å². The van der Waals surface area contributed by atoms with Crippen LogP contribution in [-0.4, -0.2) is 72.4 Å². The van der Waals surface area contributed by atoms with Gasteiger partial charge in [-0.3, -0.25) is 0 Å². The zero-order valence-electron chi connectivity index (χ0n) is 13.8. The van der Waals surface area contributed by atoms with Gasteiger partial charge in [0, 0.05) is 13.7 Å². The van der Waals surface area contributed by atoms with E-state index in [0.717, 1.165) is 25.7 Å². The van der Waals surface area contributed by atoms with Crippen molar-refractivity contribution in [1.29, 1.82) is 0 Å². The normalized spacial score (nSPS) is 30.9. The minimum Gasteiger partial charge on any atom is -0.417 e. The number of ether oxygens (including phenoxy) is 3. The molecule has 0 saturated carbocycles. The van der Waals surface area contributed by atoms with Crippen LogP contribution in [0.3, 0.4) is 0 Å². The Labute approximate surface area is 136 Å². The summed E-state index contributed by atoms with van der Waals surface area (Å²) >= 11 is 0. The number of hydrogen-bond donors (Lipinski definition) is 4. The number of hydrogen-bond acceptors (Lipinski definition) is 7. The predicted octanol–water partition coefficient (Wildman–Crippen LogP) is 0.137. The fourth-order valence-electron chi connectivity index (χ4n) is 2.38. The summed E-state index contributed by atoms with van der Waals surface area (Å²) < 4.78 is 15.1. The number of carbonyl (C=O) groups is 1. The summed E-state index contributed by atoms with van der Waals surface area (Å²) in [7, 11) is 1.41. The van der Waals surface area contributed by atoms with Gasteiger partial charge in [0.2, 0.25) is 6.29 Å². The van der Waals surface area contributed by atoms with Gasteiger partial charge in [0.25, 0.3) is 0 Å². The van der Waals surface area contributed by atoms with Gasteiger partial charge in [0.1, 0.15) is 24.4 Å². The topological polar surface area (TPSA) is 117 Å². The van der Waals surface area contributed by atoms with Crippen molar-refractivity contribution in [3.8, 4) is 0 Å². The second-order valence-corrected chi connectivity index (χ2v) is 5.72. The molecular formula is C15H29NO7. The van der Waals surface area contributed by atoms with Gasteiger partial charge in [-0.1, -0.05) is 32.6 Å². The van der Waals surface area contributed by atoms with E-state index in [1.54, 1.807) is 0 Å². The molecule has 0 radical (unpaired) electrons. The molecule has 1 aliphatic rings. The molecule has 1 fully saturated rings. The molecule has 0 aromatic rings. The first-order valence-electron chi connectivity index (χ1n) is 8.14. The molecule has 1 amide bonds. The SMILES string of the molecule is CCCCCCCNC(=O)O[C@H]1O[C@H](COC)[C@@H](O)[C@H](O)[C@H]1O. The molecule has 0 unspecified atom stereocenters. The molecule has 0 spiro atoms. The third-order valence-corrected chi connectivity index (χ3v) is 3.77. The van der Waals surface area contributed by atoms with Crippen molar-refractivity contribution in [3.63, 3.8) is 0 Å². The summed E-state index contributed by atoms with van der Waals surface area (Å²) in [5, 5.41) is 31.9. The van der Waals surface area contributed by atoms with Crippen LogP contribution >= 0.6 is 0 Å². The Balaban J connectivity index is 2.34. The maximum Gasteiger partial charge on any atom is 0.409 e. The largest absolute Gasteiger partial charge is 0.417 e. The van der Waals surface area contributed by atoms with Gasteiger partial charge in [-0.2, -0.15) is 0 Å². The summed E-state index contributed by atoms with van der Waals surface area (Å²) in [6.45, 7) is 2.61. The Morgan fingerprint density at radius 3 is 2.43 bits per heavy atom. The second kappa shape index (κ2) is 10.8. The van der Waals surface area contributed by atoms with Gasteiger partial charge >= 0.3 is 6.09 Å². The molecule has 0 aromatic carbocycles. The second-order valence-electron chi connectivity index (χ2n) is 5.72. The lowest BCUT2D eigenvalue weighted by molar-refractivity contribution is -0.285. The zero-order chi connectivity index (χ0) is 17.2. The molecule has 5 atom stereocenters. The van der Waals surface area contributed by atoms with E-state index < -0.39 is 36.8 Å². The molecule has 0 aliphatic carbocycles. The molecule has 136 valence electrons. The van der Waals surface area contributed by atoms with E-state index in [9.17, 15) is 20.1 Å². The number of methoxy groups -OCH3 is 1. The number of alkyl carbamates (subject to hydrolysis) is 1. The van der Waals surface area contributed by atoms with Crippen LogP contribution in [0.1, 0.15) is 39.0 Å². The van der Waals surface area contributed by atoms with Crippen LogP contribution in [0, 0.1) is 0 Å². The van der Waals surface area contributed by atoms with Crippen molar-refractivity contribution in [3.05, 3.63) is 0 Å². The lowest BCUT2D eigenvalue weighted by Gasteiger charge is -2.39. The fourth-order valence-corrected chi connectivity index (χ4v) is 2.38. The Hall–Kier alpha value is -0.930. The first-order valence-corrected chi connectivity index (χ1v) is 8.14. The molecule has 23 heavy (non-hydrogen) atoms. The minimum atomic E-state index is -1.52. The summed E-state index contributed by atoms with van der Waals surface area (Å²) in [6, 6.07) is 0. The van der Waals surface area contributed by atoms with Gasteiger partial charge in [-0.25, -0.2) is 4.79 Å². The van der Waals surface area contributed by atoms with E-state index in [1.165, 1.54) is 13.5 Å². The Morgan fingerprint density at radius 2 is 1.78 bits per heavy atom. The summed E-state index contributed by atoms with van der Waals surface area (Å²) in [5.74, 6) is 0. The van der Waals surface area contributed by atoms with E-state index >= 15 is 0 Å². The number of unbranched alkanes of at least 4 members (excludes halogenated alkanes) is 4. The number of nitrogens with one attached hydrogen (secondary N) is 1. The van der Waals surface area contributed by atoms with Crippen molar-refractivity contribution >= 4 is 6.09 Å². The molecule has 8 heteroatoms. The van der Waals surface area contributed by atoms with E-state index in [4.69, 9.17) is 14.2 Å². The quantitative estimate of drug-likeness (QED) is 0.443. The highest BCUT2D eigenvalue weighted by atomic mass is 16.7. The van der Waals surface area contributed by atoms with Crippen LogP contribution in [0.25, 0.3) is 0 Å². The van der Waals surface area contributed by atoms with Crippen LogP contribution in [0.15, 0.2) is 0 Å². The standard InChI is InChI=1S/C15H29NO7/c1-3-4-5-6-7-8-16-15(20)23-14-13(19)12(18)11(17)10(22-14)9-21-2/h10-14,17-19H,3-9H2,1-2H3,(H,16,20)/t10-,11-,12+,13-,14-/m1/s1. The van der Waals surface area contributed by atoms with E-state index in [0.29, 0.717) is 6.54 Å². The van der Waals surface area contributed by atoms with Crippen LogP contribution in [-0.2, 0) is 14.2 Å². The lowest BCUT2D eigenvalue weighted by atomic mass is 9.99. The summed E-state index contributed by atoms with van der Waals surface area (Å²) in [6.07, 6.45) is -1.95. The van der Waals surface area contributed by atoms with Gasteiger partial charge in [-0.05, 0) is 6.42 Å². The van der Waals surface area contributed by atoms with Crippen molar-refractivity contribution in [2.75, 3.05) is 20.3 Å². The molecule has 1 saturated heterocycles. The average Bonchev–Trinajstić information content (AvgIpc) is 2.53. The molecule has 4 N–H and O–H groups in total. The van der Waals surface area contributed by atoms with E-state index in [2.05, 4.69) is 12.2 Å². The Bertz CT molecular complexity index is 342. The molecule has 1 rings (SSSR count). The highest BCUT2D eigenvalue weighted by molar-refractivity contribution is 5.67. The maximum absolute atomic E-state index is 11.7. The van der Waals surface area contributed by atoms with Crippen molar-refractivity contribution in [1.82, 2.24) is 5.32 Å². The highest BCUT2D eigenvalue weighted by Gasteiger charge is 2.45. The third kappa shape index (κ3) is 6.60. The zero-order valence-corrected chi connectivity index (χ0v) is 13.8.